The number of anilines is 1. The van der Waals surface area contributed by atoms with Crippen LogP contribution in [-0.2, 0) is 9.53 Å². The van der Waals surface area contributed by atoms with E-state index in [1.54, 1.807) is 6.08 Å². The highest BCUT2D eigenvalue weighted by atomic mass is 16.5. The molecule has 1 aromatic carbocycles. The zero-order valence-electron chi connectivity index (χ0n) is 13.7. The Morgan fingerprint density at radius 1 is 1.52 bits per heavy atom. The number of hydrogen-bond acceptors (Lipinski definition) is 4. The van der Waals surface area contributed by atoms with Gasteiger partial charge in [-0.3, -0.25) is 4.79 Å². The molecular weight excluding hydrogens is 292 g/mol. The van der Waals surface area contributed by atoms with E-state index in [4.69, 9.17) is 15.2 Å². The molecule has 1 amide bonds. The third-order valence-electron chi connectivity index (χ3n) is 3.74. The number of nitrogens with two attached hydrogens (primary N) is 1. The normalized spacial score (nSPS) is 17.5. The molecule has 2 rings (SSSR count). The molecule has 3 N–H and O–H groups in total. The monoisotopic (exact) mass is 318 g/mol. The Morgan fingerprint density at radius 3 is 3.09 bits per heavy atom. The topological polar surface area (TPSA) is 73.6 Å². The number of ether oxygens (including phenoxy) is 2. The van der Waals surface area contributed by atoms with Gasteiger partial charge in [-0.05, 0) is 43.0 Å². The van der Waals surface area contributed by atoms with Gasteiger partial charge in [0.1, 0.15) is 5.75 Å². The SMILES string of the molecule is CCCCOc1ccc(/C=C\C(=O)NCC2CCCO2)cc1N. The lowest BCUT2D eigenvalue weighted by molar-refractivity contribution is -0.116. The highest BCUT2D eigenvalue weighted by Gasteiger charge is 2.15. The molecule has 0 aromatic heterocycles. The predicted molar refractivity (Wildman–Crippen MR) is 92.3 cm³/mol. The van der Waals surface area contributed by atoms with Crippen molar-refractivity contribution in [1.82, 2.24) is 5.32 Å². The van der Waals surface area contributed by atoms with Crippen molar-refractivity contribution in [2.45, 2.75) is 38.7 Å². The fraction of sp³-hybridized carbons (Fsp3) is 0.500. The van der Waals surface area contributed by atoms with Gasteiger partial charge in [0.05, 0.1) is 18.4 Å². The van der Waals surface area contributed by atoms with Crippen LogP contribution in [0, 0.1) is 0 Å². The first kappa shape index (κ1) is 17.3. The molecule has 1 aromatic rings. The van der Waals surface area contributed by atoms with E-state index in [1.165, 1.54) is 6.08 Å². The fourth-order valence-corrected chi connectivity index (χ4v) is 2.38. The molecule has 1 aliphatic rings. The van der Waals surface area contributed by atoms with Crippen LogP contribution in [0.4, 0.5) is 5.69 Å². The quantitative estimate of drug-likeness (QED) is 0.439. The maximum atomic E-state index is 11.8. The molecule has 5 nitrogen and oxygen atoms in total. The molecule has 1 atom stereocenters. The van der Waals surface area contributed by atoms with Crippen LogP contribution < -0.4 is 15.8 Å². The van der Waals surface area contributed by atoms with Crippen molar-refractivity contribution in [2.24, 2.45) is 0 Å². The van der Waals surface area contributed by atoms with Gasteiger partial charge in [0, 0.05) is 19.2 Å². The molecule has 1 fully saturated rings. The average molecular weight is 318 g/mol. The minimum absolute atomic E-state index is 0.123. The number of benzene rings is 1. The molecule has 0 aliphatic carbocycles. The van der Waals surface area contributed by atoms with E-state index < -0.39 is 0 Å². The lowest BCUT2D eigenvalue weighted by atomic mass is 10.1. The predicted octanol–water partition coefficient (Wildman–Crippen LogP) is 2.76. The maximum Gasteiger partial charge on any atom is 0.244 e. The van der Waals surface area contributed by atoms with Gasteiger partial charge in [0.25, 0.3) is 0 Å². The number of nitrogen functional groups attached to an aromatic ring is 1. The molecule has 1 aliphatic heterocycles. The highest BCUT2D eigenvalue weighted by Crippen LogP contribution is 2.23. The summed E-state index contributed by atoms with van der Waals surface area (Å²) in [5.41, 5.74) is 7.43. The van der Waals surface area contributed by atoms with Gasteiger partial charge in [0.2, 0.25) is 5.91 Å². The number of carbonyl (C=O) groups excluding carboxylic acids is 1. The van der Waals surface area contributed by atoms with Gasteiger partial charge in [0.15, 0.2) is 0 Å². The summed E-state index contributed by atoms with van der Waals surface area (Å²) >= 11 is 0. The summed E-state index contributed by atoms with van der Waals surface area (Å²) in [4.78, 5) is 11.8. The van der Waals surface area contributed by atoms with E-state index in [-0.39, 0.29) is 12.0 Å². The van der Waals surface area contributed by atoms with Crippen molar-refractivity contribution in [1.29, 1.82) is 0 Å². The van der Waals surface area contributed by atoms with E-state index in [2.05, 4.69) is 12.2 Å². The third kappa shape index (κ3) is 5.94. The smallest absolute Gasteiger partial charge is 0.244 e. The Kier molecular flexibility index (Phi) is 6.94. The second-order valence-corrected chi connectivity index (χ2v) is 5.71. The second kappa shape index (κ2) is 9.20. The molecule has 126 valence electrons. The van der Waals surface area contributed by atoms with Crippen LogP contribution in [-0.4, -0.2) is 31.8 Å². The molecule has 1 unspecified atom stereocenters. The molecule has 0 spiro atoms. The van der Waals surface area contributed by atoms with Crippen molar-refractivity contribution >= 4 is 17.7 Å². The summed E-state index contributed by atoms with van der Waals surface area (Å²) in [6.45, 7) is 4.14. The largest absolute Gasteiger partial charge is 0.491 e. The Balaban J connectivity index is 1.81. The van der Waals surface area contributed by atoms with Crippen LogP contribution in [0.25, 0.3) is 6.08 Å². The van der Waals surface area contributed by atoms with Gasteiger partial charge >= 0.3 is 0 Å². The van der Waals surface area contributed by atoms with Crippen molar-refractivity contribution in [3.63, 3.8) is 0 Å². The van der Waals surface area contributed by atoms with Crippen LogP contribution in [0.15, 0.2) is 24.3 Å². The van der Waals surface area contributed by atoms with E-state index in [0.29, 0.717) is 24.6 Å². The summed E-state index contributed by atoms with van der Waals surface area (Å²) in [6, 6.07) is 5.54. The molecule has 1 heterocycles. The number of nitrogens with one attached hydrogen (secondary N) is 1. The van der Waals surface area contributed by atoms with Gasteiger partial charge in [-0.25, -0.2) is 0 Å². The van der Waals surface area contributed by atoms with Crippen molar-refractivity contribution in [3.05, 3.63) is 29.8 Å². The standard InChI is InChI=1S/C18H26N2O3/c1-2-3-10-23-17-8-6-14(12-16(17)19)7-9-18(21)20-13-15-5-4-11-22-15/h6-9,12,15H,2-5,10-11,13,19H2,1H3,(H,20,21)/b9-7-. The molecule has 23 heavy (non-hydrogen) atoms. The average Bonchev–Trinajstić information content (AvgIpc) is 3.06. The maximum absolute atomic E-state index is 11.8. The van der Waals surface area contributed by atoms with Crippen LogP contribution in [0.1, 0.15) is 38.2 Å². The van der Waals surface area contributed by atoms with Crippen LogP contribution >= 0.6 is 0 Å². The molecule has 0 bridgehead atoms. The Labute approximate surface area is 137 Å². The van der Waals surface area contributed by atoms with Crippen LogP contribution in [0.5, 0.6) is 5.75 Å². The van der Waals surface area contributed by atoms with Gasteiger partial charge in [-0.2, -0.15) is 0 Å². The van der Waals surface area contributed by atoms with Gasteiger partial charge in [-0.1, -0.05) is 19.4 Å². The first-order chi connectivity index (χ1) is 11.2. The Morgan fingerprint density at radius 2 is 2.39 bits per heavy atom. The molecule has 5 heteroatoms. The van der Waals surface area contributed by atoms with E-state index in [1.807, 2.05) is 18.2 Å². The van der Waals surface area contributed by atoms with E-state index >= 15 is 0 Å². The van der Waals surface area contributed by atoms with Gasteiger partial charge < -0.3 is 20.5 Å². The third-order valence-corrected chi connectivity index (χ3v) is 3.74. The first-order valence-electron chi connectivity index (χ1n) is 8.29. The number of unbranched alkanes of at least 4 members (excludes halogenated alkanes) is 1. The fourth-order valence-electron chi connectivity index (χ4n) is 2.38. The zero-order chi connectivity index (χ0) is 16.5. The summed E-state index contributed by atoms with van der Waals surface area (Å²) < 4.78 is 11.1. The summed E-state index contributed by atoms with van der Waals surface area (Å²) in [5.74, 6) is 0.570. The van der Waals surface area contributed by atoms with E-state index in [0.717, 1.165) is 37.9 Å². The molecular formula is C18H26N2O3. The highest BCUT2D eigenvalue weighted by molar-refractivity contribution is 5.91. The molecule has 1 saturated heterocycles. The summed E-state index contributed by atoms with van der Waals surface area (Å²) in [5, 5.41) is 2.85. The first-order valence-corrected chi connectivity index (χ1v) is 8.29. The lowest BCUT2D eigenvalue weighted by Crippen LogP contribution is -2.30. The van der Waals surface area contributed by atoms with Crippen molar-refractivity contribution in [3.8, 4) is 5.75 Å². The summed E-state index contributed by atoms with van der Waals surface area (Å²) in [6.07, 6.45) is 7.59. The Hall–Kier alpha value is -2.01. The van der Waals surface area contributed by atoms with E-state index in [9.17, 15) is 4.79 Å². The Bertz CT molecular complexity index is 537. The van der Waals surface area contributed by atoms with Gasteiger partial charge in [-0.15, -0.1) is 0 Å². The molecule has 0 radical (unpaired) electrons. The number of hydrogen-bond donors (Lipinski definition) is 2. The second-order valence-electron chi connectivity index (χ2n) is 5.71. The number of carbonyl (C=O) groups is 1. The zero-order valence-corrected chi connectivity index (χ0v) is 13.7. The minimum Gasteiger partial charge on any atom is -0.491 e. The number of rotatable bonds is 8. The van der Waals surface area contributed by atoms with Crippen LogP contribution in [0.3, 0.4) is 0 Å². The van der Waals surface area contributed by atoms with Crippen molar-refractivity contribution in [2.75, 3.05) is 25.5 Å². The lowest BCUT2D eigenvalue weighted by Gasteiger charge is -2.09. The van der Waals surface area contributed by atoms with Crippen LogP contribution in [0.2, 0.25) is 0 Å². The number of amides is 1. The molecule has 0 saturated carbocycles. The van der Waals surface area contributed by atoms with Crippen molar-refractivity contribution < 1.29 is 14.3 Å². The minimum atomic E-state index is -0.123. The summed E-state index contributed by atoms with van der Waals surface area (Å²) in [7, 11) is 0.